The summed E-state index contributed by atoms with van der Waals surface area (Å²) in [5, 5.41) is 0. The maximum Gasteiger partial charge on any atom is 0.0883 e. The molecule has 78 valence electrons. The fraction of sp³-hybridized carbons (Fsp3) is 0.538. The summed E-state index contributed by atoms with van der Waals surface area (Å²) in [4.78, 5) is 0. The summed E-state index contributed by atoms with van der Waals surface area (Å²) in [6, 6.07) is 6.54. The molecule has 0 N–H and O–H groups in total. The van der Waals surface area contributed by atoms with Gasteiger partial charge >= 0.3 is 0 Å². The van der Waals surface area contributed by atoms with Crippen molar-refractivity contribution in [1.82, 2.24) is 0 Å². The van der Waals surface area contributed by atoms with Crippen LogP contribution in [0, 0.1) is 6.92 Å². The predicted octanol–water partition coefficient (Wildman–Crippen LogP) is 3.79. The lowest BCUT2D eigenvalue weighted by Crippen LogP contribution is -2.14. The molecule has 1 aromatic carbocycles. The summed E-state index contributed by atoms with van der Waals surface area (Å²) >= 11 is 0. The van der Waals surface area contributed by atoms with E-state index in [1.165, 1.54) is 16.7 Å². The van der Waals surface area contributed by atoms with Crippen LogP contribution < -0.4 is 0 Å². The van der Waals surface area contributed by atoms with Gasteiger partial charge in [0, 0.05) is 0 Å². The van der Waals surface area contributed by atoms with Gasteiger partial charge in [-0.3, -0.25) is 0 Å². The van der Waals surface area contributed by atoms with E-state index in [1.54, 1.807) is 0 Å². The van der Waals surface area contributed by atoms with Gasteiger partial charge in [0.25, 0.3) is 0 Å². The molecule has 1 aromatic rings. The maximum absolute atomic E-state index is 5.67. The number of hydrogen-bond acceptors (Lipinski definition) is 1. The zero-order chi connectivity index (χ0) is 10.8. The number of aryl methyl sites for hydroxylation is 1. The van der Waals surface area contributed by atoms with Crippen molar-refractivity contribution < 1.29 is 4.74 Å². The second-order valence-electron chi connectivity index (χ2n) is 3.96. The van der Waals surface area contributed by atoms with Crippen LogP contribution >= 0.6 is 0 Å². The molecule has 2 rings (SSSR count). The van der Waals surface area contributed by atoms with E-state index in [-0.39, 0.29) is 5.60 Å². The molecule has 1 heterocycles. The number of rotatable bonds is 0. The monoisotopic (exact) mass is 192 g/mol. The number of fused-ring (bicyclic) bond motifs is 1. The third kappa shape index (κ3) is 1.98. The molecule has 0 fully saturated rings. The zero-order valence-corrected chi connectivity index (χ0v) is 9.85. The average Bonchev–Trinajstić information content (AvgIpc) is 2.45. The molecule has 0 radical (unpaired) electrons. The van der Waals surface area contributed by atoms with E-state index in [0.717, 1.165) is 6.61 Å². The van der Waals surface area contributed by atoms with E-state index in [1.807, 2.05) is 13.8 Å². The van der Waals surface area contributed by atoms with Gasteiger partial charge in [0.2, 0.25) is 0 Å². The highest BCUT2D eigenvalue weighted by Crippen LogP contribution is 2.35. The van der Waals surface area contributed by atoms with Crippen LogP contribution in [0.5, 0.6) is 0 Å². The van der Waals surface area contributed by atoms with Gasteiger partial charge in [-0.15, -0.1) is 0 Å². The summed E-state index contributed by atoms with van der Waals surface area (Å²) < 4.78 is 5.67. The first kappa shape index (κ1) is 11.3. The van der Waals surface area contributed by atoms with E-state index in [2.05, 4.69) is 39.0 Å². The molecule has 0 spiro atoms. The van der Waals surface area contributed by atoms with Gasteiger partial charge in [-0.1, -0.05) is 37.6 Å². The molecular formula is C13H20O. The van der Waals surface area contributed by atoms with Gasteiger partial charge in [-0.25, -0.2) is 0 Å². The van der Waals surface area contributed by atoms with Gasteiger partial charge < -0.3 is 4.74 Å². The molecule has 0 saturated heterocycles. The van der Waals surface area contributed by atoms with E-state index < -0.39 is 0 Å². The number of ether oxygens (including phenoxy) is 1. The van der Waals surface area contributed by atoms with Crippen LogP contribution in [0.2, 0.25) is 0 Å². The molecule has 0 atom stereocenters. The van der Waals surface area contributed by atoms with Crippen LogP contribution in [-0.2, 0) is 16.9 Å². The first-order valence-corrected chi connectivity index (χ1v) is 5.33. The predicted molar refractivity (Wildman–Crippen MR) is 60.3 cm³/mol. The second kappa shape index (κ2) is 4.14. The Kier molecular flexibility index (Phi) is 3.33. The third-order valence-corrected chi connectivity index (χ3v) is 2.50. The van der Waals surface area contributed by atoms with Crippen LogP contribution in [0.25, 0.3) is 0 Å². The van der Waals surface area contributed by atoms with Gasteiger partial charge in [-0.05, 0) is 31.9 Å². The molecule has 0 unspecified atom stereocenters. The maximum atomic E-state index is 5.67. The summed E-state index contributed by atoms with van der Waals surface area (Å²) in [6.07, 6.45) is 0. The van der Waals surface area contributed by atoms with Crippen molar-refractivity contribution >= 4 is 0 Å². The summed E-state index contributed by atoms with van der Waals surface area (Å²) in [7, 11) is 0. The van der Waals surface area contributed by atoms with Crippen molar-refractivity contribution in [2.45, 2.75) is 46.8 Å². The Bertz CT molecular complexity index is 313. The largest absolute Gasteiger partial charge is 0.366 e. The molecule has 0 bridgehead atoms. The van der Waals surface area contributed by atoms with Gasteiger partial charge in [0.05, 0.1) is 12.2 Å². The average molecular weight is 192 g/mol. The Balaban J connectivity index is 0.000000461. The van der Waals surface area contributed by atoms with Gasteiger partial charge in [0.15, 0.2) is 0 Å². The Morgan fingerprint density at radius 3 is 2.50 bits per heavy atom. The van der Waals surface area contributed by atoms with Crippen molar-refractivity contribution in [3.8, 4) is 0 Å². The van der Waals surface area contributed by atoms with Crippen LogP contribution in [0.4, 0.5) is 0 Å². The SMILES string of the molecule is CC.Cc1ccc2c(c1)COC2(C)C. The fourth-order valence-corrected chi connectivity index (χ4v) is 1.77. The minimum absolute atomic E-state index is 0.0803. The highest BCUT2D eigenvalue weighted by atomic mass is 16.5. The first-order chi connectivity index (χ1) is 6.59. The van der Waals surface area contributed by atoms with Crippen molar-refractivity contribution in [1.29, 1.82) is 0 Å². The summed E-state index contributed by atoms with van der Waals surface area (Å²) in [5.74, 6) is 0. The lowest BCUT2D eigenvalue weighted by Gasteiger charge is -2.17. The lowest BCUT2D eigenvalue weighted by molar-refractivity contribution is -0.00789. The van der Waals surface area contributed by atoms with E-state index >= 15 is 0 Å². The first-order valence-electron chi connectivity index (χ1n) is 5.33. The van der Waals surface area contributed by atoms with Crippen molar-refractivity contribution in [3.63, 3.8) is 0 Å². The van der Waals surface area contributed by atoms with Crippen molar-refractivity contribution in [2.75, 3.05) is 0 Å². The molecule has 1 heteroatoms. The summed E-state index contributed by atoms with van der Waals surface area (Å²) in [6.45, 7) is 11.1. The molecule has 1 nitrogen and oxygen atoms in total. The third-order valence-electron chi connectivity index (χ3n) is 2.50. The number of hydrogen-bond donors (Lipinski definition) is 0. The molecule has 1 aliphatic rings. The topological polar surface area (TPSA) is 9.23 Å². The molecule has 1 aliphatic heterocycles. The second-order valence-corrected chi connectivity index (χ2v) is 3.96. The minimum atomic E-state index is -0.0803. The molecule has 0 amide bonds. The number of benzene rings is 1. The van der Waals surface area contributed by atoms with Gasteiger partial charge in [0.1, 0.15) is 0 Å². The highest BCUT2D eigenvalue weighted by Gasteiger charge is 2.30. The van der Waals surface area contributed by atoms with E-state index in [9.17, 15) is 0 Å². The van der Waals surface area contributed by atoms with E-state index in [4.69, 9.17) is 4.74 Å². The van der Waals surface area contributed by atoms with Gasteiger partial charge in [-0.2, -0.15) is 0 Å². The quantitative estimate of drug-likeness (QED) is 0.607. The summed E-state index contributed by atoms with van der Waals surface area (Å²) in [5.41, 5.74) is 3.92. The van der Waals surface area contributed by atoms with Crippen LogP contribution in [0.3, 0.4) is 0 Å². The molecule has 0 saturated carbocycles. The van der Waals surface area contributed by atoms with E-state index in [0.29, 0.717) is 0 Å². The molecular weight excluding hydrogens is 172 g/mol. The van der Waals surface area contributed by atoms with Crippen molar-refractivity contribution in [3.05, 3.63) is 34.9 Å². The normalized spacial score (nSPS) is 16.9. The molecule has 0 aliphatic carbocycles. The minimum Gasteiger partial charge on any atom is -0.366 e. The Morgan fingerprint density at radius 1 is 1.21 bits per heavy atom. The molecule has 0 aromatic heterocycles. The molecule has 14 heavy (non-hydrogen) atoms. The zero-order valence-electron chi connectivity index (χ0n) is 9.85. The fourth-order valence-electron chi connectivity index (χ4n) is 1.77. The Morgan fingerprint density at radius 2 is 1.86 bits per heavy atom. The van der Waals surface area contributed by atoms with Crippen LogP contribution in [-0.4, -0.2) is 0 Å². The highest BCUT2D eigenvalue weighted by molar-refractivity contribution is 5.37. The Labute approximate surface area is 87.1 Å². The lowest BCUT2D eigenvalue weighted by atomic mass is 9.95. The smallest absolute Gasteiger partial charge is 0.0883 e. The van der Waals surface area contributed by atoms with Crippen LogP contribution in [0.1, 0.15) is 44.4 Å². The van der Waals surface area contributed by atoms with Crippen molar-refractivity contribution in [2.24, 2.45) is 0 Å². The Hall–Kier alpha value is -0.820. The standard InChI is InChI=1S/C11H14O.C2H6/c1-8-4-5-10-9(6-8)7-12-11(10,2)3;1-2/h4-6H,7H2,1-3H3;1-2H3. The van der Waals surface area contributed by atoms with Crippen LogP contribution in [0.15, 0.2) is 18.2 Å².